The minimum Gasteiger partial charge on any atom is -0.329 e. The van der Waals surface area contributed by atoms with Crippen LogP contribution in [-0.2, 0) is 0 Å². The summed E-state index contributed by atoms with van der Waals surface area (Å²) in [5.41, 5.74) is 5.96. The van der Waals surface area contributed by atoms with Gasteiger partial charge in [-0.1, -0.05) is 19.8 Å². The van der Waals surface area contributed by atoms with Crippen molar-refractivity contribution in [3.05, 3.63) is 0 Å². The molecule has 0 spiro atoms. The molecule has 0 saturated carbocycles. The largest absolute Gasteiger partial charge is 0.329 e. The molecular formula is C15H31N3. The van der Waals surface area contributed by atoms with Gasteiger partial charge in [-0.05, 0) is 51.2 Å². The van der Waals surface area contributed by atoms with Crippen LogP contribution in [0.3, 0.4) is 0 Å². The van der Waals surface area contributed by atoms with Gasteiger partial charge in [-0.2, -0.15) is 0 Å². The third kappa shape index (κ3) is 3.94. The van der Waals surface area contributed by atoms with E-state index in [0.717, 1.165) is 12.5 Å². The van der Waals surface area contributed by atoms with Crippen LogP contribution < -0.4 is 5.73 Å². The maximum absolute atomic E-state index is 5.96. The van der Waals surface area contributed by atoms with Crippen LogP contribution in [0.5, 0.6) is 0 Å². The van der Waals surface area contributed by atoms with E-state index in [2.05, 4.69) is 16.7 Å². The van der Waals surface area contributed by atoms with Gasteiger partial charge in [-0.25, -0.2) is 0 Å². The molecule has 2 aliphatic heterocycles. The van der Waals surface area contributed by atoms with Crippen LogP contribution in [0.1, 0.15) is 45.4 Å². The average Bonchev–Trinajstić information content (AvgIpc) is 2.46. The number of hydrogen-bond donors (Lipinski definition) is 1. The maximum atomic E-state index is 5.96. The first-order valence-corrected chi connectivity index (χ1v) is 8.00. The zero-order chi connectivity index (χ0) is 12.8. The van der Waals surface area contributed by atoms with Crippen molar-refractivity contribution >= 4 is 0 Å². The number of nitrogens with zero attached hydrogens (tertiary/aromatic N) is 2. The summed E-state index contributed by atoms with van der Waals surface area (Å²) in [6, 6.07) is 0.647. The van der Waals surface area contributed by atoms with Gasteiger partial charge in [0.15, 0.2) is 0 Å². The summed E-state index contributed by atoms with van der Waals surface area (Å²) in [5, 5.41) is 0. The lowest BCUT2D eigenvalue weighted by Gasteiger charge is -2.40. The van der Waals surface area contributed by atoms with Gasteiger partial charge in [0.1, 0.15) is 0 Å². The predicted octanol–water partition coefficient (Wildman–Crippen LogP) is 1.92. The summed E-state index contributed by atoms with van der Waals surface area (Å²) in [7, 11) is 0. The van der Waals surface area contributed by atoms with Gasteiger partial charge in [0.05, 0.1) is 0 Å². The smallest absolute Gasteiger partial charge is 0.0221 e. The molecule has 0 aromatic rings. The fraction of sp³-hybridized carbons (Fsp3) is 1.00. The molecule has 2 atom stereocenters. The van der Waals surface area contributed by atoms with E-state index in [9.17, 15) is 0 Å². The standard InChI is InChI=1S/C15H31N3/c1-2-14-6-9-18(15(12-14)13-16)11-10-17-7-4-3-5-8-17/h14-15H,2-13,16H2,1H3. The molecule has 0 aromatic heterocycles. The average molecular weight is 253 g/mol. The van der Waals surface area contributed by atoms with Crippen molar-refractivity contribution in [3.8, 4) is 0 Å². The van der Waals surface area contributed by atoms with Crippen molar-refractivity contribution in [2.45, 2.75) is 51.5 Å². The van der Waals surface area contributed by atoms with E-state index in [-0.39, 0.29) is 0 Å². The van der Waals surface area contributed by atoms with Crippen LogP contribution in [0, 0.1) is 5.92 Å². The molecule has 0 aliphatic carbocycles. The number of rotatable bonds is 5. The van der Waals surface area contributed by atoms with Gasteiger partial charge in [0.25, 0.3) is 0 Å². The second-order valence-electron chi connectivity index (χ2n) is 6.13. The minimum atomic E-state index is 0.647. The quantitative estimate of drug-likeness (QED) is 0.812. The second-order valence-corrected chi connectivity index (χ2v) is 6.13. The summed E-state index contributed by atoms with van der Waals surface area (Å²) in [4.78, 5) is 5.30. The van der Waals surface area contributed by atoms with Gasteiger partial charge in [0, 0.05) is 25.7 Å². The van der Waals surface area contributed by atoms with Crippen molar-refractivity contribution in [1.82, 2.24) is 9.80 Å². The second kappa shape index (κ2) is 7.46. The number of hydrogen-bond acceptors (Lipinski definition) is 3. The predicted molar refractivity (Wildman–Crippen MR) is 77.7 cm³/mol. The molecular weight excluding hydrogens is 222 g/mol. The molecule has 2 rings (SSSR count). The molecule has 2 heterocycles. The normalized spacial score (nSPS) is 31.7. The summed E-state index contributed by atoms with van der Waals surface area (Å²) in [5.74, 6) is 0.921. The van der Waals surface area contributed by atoms with Crippen molar-refractivity contribution in [3.63, 3.8) is 0 Å². The zero-order valence-electron chi connectivity index (χ0n) is 12.1. The van der Waals surface area contributed by atoms with E-state index in [4.69, 9.17) is 5.73 Å². The Balaban J connectivity index is 1.73. The molecule has 0 aromatic carbocycles. The fourth-order valence-electron chi connectivity index (χ4n) is 3.55. The number of piperidine rings is 2. The number of likely N-dealkylation sites (tertiary alicyclic amines) is 2. The fourth-order valence-corrected chi connectivity index (χ4v) is 3.55. The lowest BCUT2D eigenvalue weighted by Crippen LogP contribution is -2.49. The minimum absolute atomic E-state index is 0.647. The third-order valence-corrected chi connectivity index (χ3v) is 4.95. The Kier molecular flexibility index (Phi) is 5.93. The van der Waals surface area contributed by atoms with Gasteiger partial charge in [0.2, 0.25) is 0 Å². The highest BCUT2D eigenvalue weighted by molar-refractivity contribution is 4.82. The van der Waals surface area contributed by atoms with Crippen LogP contribution >= 0.6 is 0 Å². The Bertz CT molecular complexity index is 226. The highest BCUT2D eigenvalue weighted by Gasteiger charge is 2.26. The molecule has 0 amide bonds. The summed E-state index contributed by atoms with van der Waals surface area (Å²) < 4.78 is 0. The summed E-state index contributed by atoms with van der Waals surface area (Å²) in [6.07, 6.45) is 8.27. The molecule has 2 N–H and O–H groups in total. The molecule has 2 aliphatic rings. The van der Waals surface area contributed by atoms with Crippen molar-refractivity contribution in [2.24, 2.45) is 11.7 Å². The summed E-state index contributed by atoms with van der Waals surface area (Å²) >= 11 is 0. The third-order valence-electron chi connectivity index (χ3n) is 4.95. The monoisotopic (exact) mass is 253 g/mol. The molecule has 3 heteroatoms. The Morgan fingerprint density at radius 1 is 1.06 bits per heavy atom. The van der Waals surface area contributed by atoms with Gasteiger partial charge in [-0.15, -0.1) is 0 Å². The van der Waals surface area contributed by atoms with Crippen molar-refractivity contribution < 1.29 is 0 Å². The molecule has 3 nitrogen and oxygen atoms in total. The van der Waals surface area contributed by atoms with Crippen LogP contribution in [-0.4, -0.2) is 55.1 Å². The van der Waals surface area contributed by atoms with E-state index >= 15 is 0 Å². The summed E-state index contributed by atoms with van der Waals surface area (Å²) in [6.45, 7) is 9.56. The maximum Gasteiger partial charge on any atom is 0.0221 e. The van der Waals surface area contributed by atoms with Gasteiger partial charge < -0.3 is 10.6 Å². The van der Waals surface area contributed by atoms with Crippen LogP contribution in [0.25, 0.3) is 0 Å². The Labute approximate surface area is 113 Å². The SMILES string of the molecule is CCC1CCN(CCN2CCCCC2)C(CN)C1. The van der Waals surface area contributed by atoms with Gasteiger partial charge >= 0.3 is 0 Å². The van der Waals surface area contributed by atoms with E-state index in [1.165, 1.54) is 71.2 Å². The Morgan fingerprint density at radius 3 is 2.50 bits per heavy atom. The molecule has 2 unspecified atom stereocenters. The first-order valence-electron chi connectivity index (χ1n) is 8.00. The van der Waals surface area contributed by atoms with E-state index in [0.29, 0.717) is 6.04 Å². The van der Waals surface area contributed by atoms with Crippen LogP contribution in [0.2, 0.25) is 0 Å². The zero-order valence-corrected chi connectivity index (χ0v) is 12.1. The number of nitrogens with two attached hydrogens (primary N) is 1. The molecule has 106 valence electrons. The van der Waals surface area contributed by atoms with E-state index in [1.54, 1.807) is 0 Å². The van der Waals surface area contributed by atoms with Crippen LogP contribution in [0.15, 0.2) is 0 Å². The first-order chi connectivity index (χ1) is 8.83. The molecule has 18 heavy (non-hydrogen) atoms. The lowest BCUT2D eigenvalue weighted by atomic mass is 9.89. The van der Waals surface area contributed by atoms with Crippen molar-refractivity contribution in [1.29, 1.82) is 0 Å². The van der Waals surface area contributed by atoms with Gasteiger partial charge in [-0.3, -0.25) is 4.90 Å². The first kappa shape index (κ1) is 14.3. The van der Waals surface area contributed by atoms with E-state index in [1.807, 2.05) is 0 Å². The highest BCUT2D eigenvalue weighted by atomic mass is 15.2. The highest BCUT2D eigenvalue weighted by Crippen LogP contribution is 2.24. The molecule has 2 fully saturated rings. The van der Waals surface area contributed by atoms with Crippen LogP contribution in [0.4, 0.5) is 0 Å². The molecule has 0 radical (unpaired) electrons. The Hall–Kier alpha value is -0.120. The Morgan fingerprint density at radius 2 is 1.83 bits per heavy atom. The topological polar surface area (TPSA) is 32.5 Å². The molecule has 0 bridgehead atoms. The van der Waals surface area contributed by atoms with E-state index < -0.39 is 0 Å². The molecule has 2 saturated heterocycles. The lowest BCUT2D eigenvalue weighted by molar-refractivity contribution is 0.0949. The van der Waals surface area contributed by atoms with Crippen molar-refractivity contribution in [2.75, 3.05) is 39.3 Å².